The number of epoxide rings is 1. The maximum atomic E-state index is 6.04. The van der Waals surface area contributed by atoms with Crippen molar-refractivity contribution >= 4 is 8.80 Å². The molecular formula is C13H29NO5Si. The van der Waals surface area contributed by atoms with E-state index in [1.807, 2.05) is 6.92 Å². The van der Waals surface area contributed by atoms with Gasteiger partial charge in [-0.2, -0.15) is 0 Å². The largest absolute Gasteiger partial charge is 0.500 e. The smallest absolute Gasteiger partial charge is 0.379 e. The first-order valence-electron chi connectivity index (χ1n) is 7.33. The van der Waals surface area contributed by atoms with Crippen LogP contribution < -0.4 is 5.73 Å². The van der Waals surface area contributed by atoms with Gasteiger partial charge >= 0.3 is 8.80 Å². The van der Waals surface area contributed by atoms with E-state index in [2.05, 4.69) is 0 Å². The first-order chi connectivity index (χ1) is 9.65. The van der Waals surface area contributed by atoms with E-state index in [0.29, 0.717) is 19.3 Å². The third-order valence-corrected chi connectivity index (χ3v) is 6.27. The molecule has 2 unspecified atom stereocenters. The molecule has 1 fully saturated rings. The van der Waals surface area contributed by atoms with Crippen LogP contribution >= 0.6 is 0 Å². The van der Waals surface area contributed by atoms with Crippen molar-refractivity contribution in [3.05, 3.63) is 0 Å². The summed E-state index contributed by atoms with van der Waals surface area (Å²) in [5.74, 6) is 0. The van der Waals surface area contributed by atoms with Gasteiger partial charge in [-0.25, -0.2) is 0 Å². The zero-order chi connectivity index (χ0) is 14.8. The zero-order valence-corrected chi connectivity index (χ0v) is 13.9. The molecule has 0 aliphatic carbocycles. The zero-order valence-electron chi connectivity index (χ0n) is 12.9. The average molecular weight is 307 g/mol. The van der Waals surface area contributed by atoms with Crippen molar-refractivity contribution in [2.45, 2.75) is 44.4 Å². The molecule has 1 rings (SSSR count). The Balaban J connectivity index is 2.16. The normalized spacial score (nSPS) is 20.1. The number of nitrogens with two attached hydrogens (primary N) is 1. The van der Waals surface area contributed by atoms with Crippen LogP contribution in [0.15, 0.2) is 0 Å². The summed E-state index contributed by atoms with van der Waals surface area (Å²) in [6, 6.07) is 0.760. The number of hydrogen-bond donors (Lipinski definition) is 1. The molecule has 0 amide bonds. The standard InChI is InChI=1S/C13H29NO5Si/c1-12(6-4-8-17-10-13-11-18-13)19-20(15-2,16-3)9-5-7-14/h12-13H,4-11,14H2,1-3H3. The van der Waals surface area contributed by atoms with Gasteiger partial charge in [0.25, 0.3) is 0 Å². The summed E-state index contributed by atoms with van der Waals surface area (Å²) in [5, 5.41) is 0. The Morgan fingerprint density at radius 2 is 2.00 bits per heavy atom. The molecule has 6 nitrogen and oxygen atoms in total. The van der Waals surface area contributed by atoms with Gasteiger partial charge in [-0.1, -0.05) is 0 Å². The average Bonchev–Trinajstić information content (AvgIpc) is 3.27. The molecule has 0 aromatic heterocycles. The Morgan fingerprint density at radius 1 is 1.30 bits per heavy atom. The summed E-state index contributed by atoms with van der Waals surface area (Å²) in [6.07, 6.45) is 3.17. The van der Waals surface area contributed by atoms with Crippen molar-refractivity contribution in [2.75, 3.05) is 40.6 Å². The lowest BCUT2D eigenvalue weighted by atomic mass is 10.2. The van der Waals surface area contributed by atoms with Crippen LogP contribution in [0.4, 0.5) is 0 Å². The number of rotatable bonds is 13. The first kappa shape index (κ1) is 18.0. The van der Waals surface area contributed by atoms with Crippen LogP contribution in [-0.2, 0) is 22.8 Å². The molecule has 0 aromatic rings. The second-order valence-corrected chi connectivity index (χ2v) is 8.00. The van der Waals surface area contributed by atoms with E-state index in [9.17, 15) is 0 Å². The minimum Gasteiger partial charge on any atom is -0.379 e. The Hall–Kier alpha value is -0.0231. The predicted octanol–water partition coefficient (Wildman–Crippen LogP) is 1.17. The molecule has 7 heteroatoms. The Bertz CT molecular complexity index is 249. The predicted molar refractivity (Wildman–Crippen MR) is 78.6 cm³/mol. The highest BCUT2D eigenvalue weighted by Crippen LogP contribution is 2.19. The molecule has 120 valence electrons. The van der Waals surface area contributed by atoms with Crippen molar-refractivity contribution in [2.24, 2.45) is 5.73 Å². The second-order valence-electron chi connectivity index (χ2n) is 5.08. The van der Waals surface area contributed by atoms with E-state index in [0.717, 1.165) is 38.5 Å². The lowest BCUT2D eigenvalue weighted by molar-refractivity contribution is 0.0501. The van der Waals surface area contributed by atoms with E-state index in [4.69, 9.17) is 28.5 Å². The van der Waals surface area contributed by atoms with Gasteiger partial charge in [0, 0.05) is 33.0 Å². The highest BCUT2D eigenvalue weighted by Gasteiger charge is 2.39. The monoisotopic (exact) mass is 307 g/mol. The topological polar surface area (TPSA) is 75.5 Å². The lowest BCUT2D eigenvalue weighted by Crippen LogP contribution is -2.46. The summed E-state index contributed by atoms with van der Waals surface area (Å²) in [4.78, 5) is 0. The van der Waals surface area contributed by atoms with Gasteiger partial charge in [0.2, 0.25) is 0 Å². The van der Waals surface area contributed by atoms with E-state index in [1.165, 1.54) is 0 Å². The number of ether oxygens (including phenoxy) is 2. The third-order valence-electron chi connectivity index (χ3n) is 3.30. The van der Waals surface area contributed by atoms with Crippen LogP contribution in [0, 0.1) is 0 Å². The molecule has 1 aliphatic heterocycles. The minimum absolute atomic E-state index is 0.0973. The highest BCUT2D eigenvalue weighted by molar-refractivity contribution is 6.60. The van der Waals surface area contributed by atoms with Crippen molar-refractivity contribution in [1.82, 2.24) is 0 Å². The molecule has 20 heavy (non-hydrogen) atoms. The van der Waals surface area contributed by atoms with Gasteiger partial charge in [-0.3, -0.25) is 0 Å². The van der Waals surface area contributed by atoms with Crippen LogP contribution in [0.25, 0.3) is 0 Å². The third kappa shape index (κ3) is 7.12. The maximum absolute atomic E-state index is 6.04. The van der Waals surface area contributed by atoms with Gasteiger partial charge in [0.1, 0.15) is 6.10 Å². The lowest BCUT2D eigenvalue weighted by Gasteiger charge is -2.29. The molecule has 1 heterocycles. The van der Waals surface area contributed by atoms with Gasteiger partial charge < -0.3 is 28.5 Å². The summed E-state index contributed by atoms with van der Waals surface area (Å²) in [6.45, 7) is 4.96. The Morgan fingerprint density at radius 3 is 2.55 bits per heavy atom. The van der Waals surface area contributed by atoms with Gasteiger partial charge in [0.15, 0.2) is 0 Å². The maximum Gasteiger partial charge on any atom is 0.500 e. The Kier molecular flexibility index (Phi) is 8.86. The number of hydrogen-bond acceptors (Lipinski definition) is 6. The van der Waals surface area contributed by atoms with Gasteiger partial charge in [-0.15, -0.1) is 0 Å². The molecule has 1 saturated heterocycles. The first-order valence-corrected chi connectivity index (χ1v) is 9.26. The van der Waals surface area contributed by atoms with Crippen LogP contribution in [0.2, 0.25) is 6.04 Å². The molecular weight excluding hydrogens is 278 g/mol. The Labute approximate surface area is 123 Å². The summed E-state index contributed by atoms with van der Waals surface area (Å²) in [7, 11) is 0.756. The minimum atomic E-state index is -2.54. The van der Waals surface area contributed by atoms with Crippen LogP contribution in [0.1, 0.15) is 26.2 Å². The fourth-order valence-electron chi connectivity index (χ4n) is 1.98. The summed E-state index contributed by atoms with van der Waals surface area (Å²) >= 11 is 0. The van der Waals surface area contributed by atoms with Crippen molar-refractivity contribution in [3.63, 3.8) is 0 Å². The van der Waals surface area contributed by atoms with Crippen LogP contribution in [0.5, 0.6) is 0 Å². The van der Waals surface area contributed by atoms with Gasteiger partial charge in [-0.05, 0) is 32.7 Å². The fourth-order valence-corrected chi connectivity index (χ4v) is 4.23. The molecule has 0 radical (unpaired) electrons. The molecule has 0 aromatic carbocycles. The van der Waals surface area contributed by atoms with E-state index in [-0.39, 0.29) is 6.10 Å². The molecule has 0 saturated carbocycles. The van der Waals surface area contributed by atoms with E-state index < -0.39 is 8.80 Å². The van der Waals surface area contributed by atoms with Crippen LogP contribution in [0.3, 0.4) is 0 Å². The highest BCUT2D eigenvalue weighted by atomic mass is 28.4. The van der Waals surface area contributed by atoms with Crippen molar-refractivity contribution in [3.8, 4) is 0 Å². The SMILES string of the molecule is CO[Si](CCCN)(OC)OC(C)CCCOCC1CO1. The summed E-state index contributed by atoms with van der Waals surface area (Å²) < 4.78 is 27.7. The molecule has 2 N–H and O–H groups in total. The molecule has 1 aliphatic rings. The fraction of sp³-hybridized carbons (Fsp3) is 1.00. The van der Waals surface area contributed by atoms with E-state index >= 15 is 0 Å². The molecule has 0 bridgehead atoms. The summed E-state index contributed by atoms with van der Waals surface area (Å²) in [5.41, 5.74) is 5.55. The van der Waals surface area contributed by atoms with E-state index in [1.54, 1.807) is 14.2 Å². The van der Waals surface area contributed by atoms with Crippen molar-refractivity contribution in [1.29, 1.82) is 0 Å². The second kappa shape index (κ2) is 9.83. The quantitative estimate of drug-likeness (QED) is 0.313. The molecule has 0 spiro atoms. The molecule has 2 atom stereocenters. The van der Waals surface area contributed by atoms with Gasteiger partial charge in [0.05, 0.1) is 13.2 Å². The van der Waals surface area contributed by atoms with Crippen LogP contribution in [-0.4, -0.2) is 61.6 Å². The van der Waals surface area contributed by atoms with Crippen molar-refractivity contribution < 1.29 is 22.8 Å².